The van der Waals surface area contributed by atoms with Crippen molar-refractivity contribution in [3.8, 4) is 0 Å². The van der Waals surface area contributed by atoms with Gasteiger partial charge < -0.3 is 0 Å². The normalized spacial score (nSPS) is 18.5. The van der Waals surface area contributed by atoms with Crippen LogP contribution >= 0.6 is 0 Å². The molecule has 1 aliphatic carbocycles. The molecular weight excluding hydrogens is 422 g/mol. The largest absolute Gasteiger partial charge is 0.297 e. The van der Waals surface area contributed by atoms with E-state index in [1.54, 1.807) is 12.1 Å². The molecule has 1 fully saturated rings. The van der Waals surface area contributed by atoms with E-state index in [0.717, 1.165) is 36.6 Å². The fourth-order valence-corrected chi connectivity index (χ4v) is 5.39. The molecule has 2 aliphatic rings. The molecule has 1 aromatic heterocycles. The minimum Gasteiger partial charge on any atom is -0.297 e. The van der Waals surface area contributed by atoms with Crippen LogP contribution in [-0.2, 0) is 12.1 Å². The van der Waals surface area contributed by atoms with Gasteiger partial charge >= 0.3 is 0 Å². The van der Waals surface area contributed by atoms with Crippen LogP contribution in [0.1, 0.15) is 63.0 Å². The van der Waals surface area contributed by atoms with Gasteiger partial charge in [0, 0.05) is 55.2 Å². The summed E-state index contributed by atoms with van der Waals surface area (Å²) in [6.45, 7) is 9.89. The average Bonchev–Trinajstić information content (AvgIpc) is 3.07. The summed E-state index contributed by atoms with van der Waals surface area (Å²) in [4.78, 5) is 37.4. The number of hydrogen-bond acceptors (Lipinski definition) is 5. The number of aromatic nitrogens is 1. The minimum absolute atomic E-state index is 0.107. The second-order valence-electron chi connectivity index (χ2n) is 9.74. The van der Waals surface area contributed by atoms with E-state index < -0.39 is 5.54 Å². The Kier molecular flexibility index (Phi) is 5.92. The van der Waals surface area contributed by atoms with Gasteiger partial charge in [0.15, 0.2) is 17.1 Å². The number of pyridine rings is 1. The number of ketones is 2. The van der Waals surface area contributed by atoms with Gasteiger partial charge in [-0.2, -0.15) is 0 Å². The van der Waals surface area contributed by atoms with E-state index in [9.17, 15) is 9.59 Å². The highest BCUT2D eigenvalue weighted by molar-refractivity contribution is 6.32. The second-order valence-corrected chi connectivity index (χ2v) is 9.74. The van der Waals surface area contributed by atoms with Crippen LogP contribution in [0, 0.1) is 6.92 Å². The van der Waals surface area contributed by atoms with Crippen LogP contribution in [0.15, 0.2) is 66.7 Å². The molecule has 0 spiro atoms. The highest BCUT2D eigenvalue weighted by Gasteiger charge is 2.58. The summed E-state index contributed by atoms with van der Waals surface area (Å²) in [5.41, 5.74) is 3.51. The van der Waals surface area contributed by atoms with Crippen LogP contribution < -0.4 is 0 Å². The van der Waals surface area contributed by atoms with Crippen LogP contribution in [0.2, 0.25) is 0 Å². The van der Waals surface area contributed by atoms with E-state index in [0.29, 0.717) is 24.2 Å². The molecule has 5 nitrogen and oxygen atoms in total. The molecule has 5 rings (SSSR count). The number of piperazine rings is 1. The number of hydrogen-bond donors (Lipinski definition) is 0. The number of Topliss-reactive ketones (excluding diaryl/α,β-unsaturated/α-hetero) is 2. The molecule has 34 heavy (non-hydrogen) atoms. The summed E-state index contributed by atoms with van der Waals surface area (Å²) in [5, 5.41) is 0. The van der Waals surface area contributed by atoms with Crippen molar-refractivity contribution in [2.45, 2.75) is 38.8 Å². The summed E-state index contributed by atoms with van der Waals surface area (Å²) < 4.78 is 0. The first kappa shape index (κ1) is 22.6. The molecule has 0 unspecified atom stereocenters. The fraction of sp³-hybridized carbons (Fsp3) is 0.345. The van der Waals surface area contributed by atoms with Crippen molar-refractivity contribution < 1.29 is 9.59 Å². The third-order valence-corrected chi connectivity index (χ3v) is 7.15. The molecule has 5 heteroatoms. The van der Waals surface area contributed by atoms with Crippen molar-refractivity contribution in [2.24, 2.45) is 0 Å². The standard InChI is InChI=1S/C29H31N3O2/c1-20(2)26-18-23(17-21(3)30-26)29(27(33)24-11-7-8-12-25(24)28(29)34)32-15-13-31(14-16-32)19-22-9-5-4-6-10-22/h4-12,17-18,20H,13-16,19H2,1-3H3. The van der Waals surface area contributed by atoms with Gasteiger partial charge in [0.1, 0.15) is 0 Å². The Bertz CT molecular complexity index is 1190. The van der Waals surface area contributed by atoms with E-state index in [1.807, 2.05) is 37.3 Å². The SMILES string of the molecule is Cc1cc(C2(N3CCN(Cc4ccccc4)CC3)C(=O)c3ccccc3C2=O)cc(C(C)C)n1. The molecule has 3 aromatic rings. The lowest BCUT2D eigenvalue weighted by Gasteiger charge is -2.44. The van der Waals surface area contributed by atoms with Gasteiger partial charge in [-0.05, 0) is 36.1 Å². The quantitative estimate of drug-likeness (QED) is 0.528. The summed E-state index contributed by atoms with van der Waals surface area (Å²) in [7, 11) is 0. The van der Waals surface area contributed by atoms with E-state index in [2.05, 4.69) is 52.9 Å². The first-order chi connectivity index (χ1) is 16.4. The number of benzene rings is 2. The number of carbonyl (C=O) groups excluding carboxylic acids is 2. The van der Waals surface area contributed by atoms with Gasteiger partial charge in [-0.15, -0.1) is 0 Å². The topological polar surface area (TPSA) is 53.5 Å². The van der Waals surface area contributed by atoms with Crippen molar-refractivity contribution in [2.75, 3.05) is 26.2 Å². The monoisotopic (exact) mass is 453 g/mol. The lowest BCUT2D eigenvalue weighted by Crippen LogP contribution is -2.60. The Balaban J connectivity index is 1.54. The molecule has 0 amide bonds. The third-order valence-electron chi connectivity index (χ3n) is 7.15. The molecule has 174 valence electrons. The number of carbonyl (C=O) groups is 2. The fourth-order valence-electron chi connectivity index (χ4n) is 5.39. The van der Waals surface area contributed by atoms with Crippen molar-refractivity contribution >= 4 is 11.6 Å². The Hall–Kier alpha value is -3.15. The zero-order valence-electron chi connectivity index (χ0n) is 20.1. The average molecular weight is 454 g/mol. The van der Waals surface area contributed by atoms with Crippen LogP contribution in [0.4, 0.5) is 0 Å². The van der Waals surface area contributed by atoms with Gasteiger partial charge in [-0.3, -0.25) is 24.4 Å². The van der Waals surface area contributed by atoms with Crippen LogP contribution in [0.5, 0.6) is 0 Å². The molecule has 1 aliphatic heterocycles. The van der Waals surface area contributed by atoms with E-state index >= 15 is 0 Å². The first-order valence-electron chi connectivity index (χ1n) is 12.1. The van der Waals surface area contributed by atoms with Crippen molar-refractivity contribution in [1.29, 1.82) is 0 Å². The molecule has 0 N–H and O–H groups in total. The molecular formula is C29H31N3O2. The smallest absolute Gasteiger partial charge is 0.196 e. The first-order valence-corrected chi connectivity index (χ1v) is 12.1. The summed E-state index contributed by atoms with van der Waals surface area (Å²) in [5.74, 6) is -0.0118. The van der Waals surface area contributed by atoms with Crippen molar-refractivity contribution in [3.63, 3.8) is 0 Å². The van der Waals surface area contributed by atoms with Crippen LogP contribution in [0.25, 0.3) is 0 Å². The van der Waals surface area contributed by atoms with E-state index in [-0.39, 0.29) is 17.5 Å². The maximum Gasteiger partial charge on any atom is 0.196 e. The zero-order chi connectivity index (χ0) is 23.9. The summed E-state index contributed by atoms with van der Waals surface area (Å²) in [6.07, 6.45) is 0. The maximum absolute atomic E-state index is 14.1. The molecule has 0 bridgehead atoms. The molecule has 0 radical (unpaired) electrons. The van der Waals surface area contributed by atoms with Gasteiger partial charge in [-0.1, -0.05) is 68.4 Å². The number of aryl methyl sites for hydroxylation is 1. The second kappa shape index (κ2) is 8.90. The lowest BCUT2D eigenvalue weighted by molar-refractivity contribution is 0.0278. The molecule has 0 saturated carbocycles. The summed E-state index contributed by atoms with van der Waals surface area (Å²) in [6, 6.07) is 21.6. The van der Waals surface area contributed by atoms with Crippen LogP contribution in [-0.4, -0.2) is 52.5 Å². The highest BCUT2D eigenvalue weighted by Crippen LogP contribution is 2.43. The van der Waals surface area contributed by atoms with Crippen molar-refractivity contribution in [3.05, 3.63) is 100 Å². The van der Waals surface area contributed by atoms with Gasteiger partial charge in [0.05, 0.1) is 0 Å². The molecule has 1 saturated heterocycles. The molecule has 2 aromatic carbocycles. The predicted molar refractivity (Wildman–Crippen MR) is 133 cm³/mol. The number of rotatable bonds is 5. The Morgan fingerprint density at radius 3 is 2.03 bits per heavy atom. The highest BCUT2D eigenvalue weighted by atomic mass is 16.2. The Morgan fingerprint density at radius 1 is 0.853 bits per heavy atom. The molecule has 2 heterocycles. The summed E-state index contributed by atoms with van der Waals surface area (Å²) >= 11 is 0. The van der Waals surface area contributed by atoms with Crippen LogP contribution in [0.3, 0.4) is 0 Å². The zero-order valence-corrected chi connectivity index (χ0v) is 20.1. The lowest BCUT2D eigenvalue weighted by atomic mass is 9.81. The minimum atomic E-state index is -1.32. The predicted octanol–water partition coefficient (Wildman–Crippen LogP) is 4.61. The molecule has 0 atom stereocenters. The maximum atomic E-state index is 14.1. The van der Waals surface area contributed by atoms with E-state index in [4.69, 9.17) is 0 Å². The van der Waals surface area contributed by atoms with Crippen molar-refractivity contribution in [1.82, 2.24) is 14.8 Å². The van der Waals surface area contributed by atoms with E-state index in [1.165, 1.54) is 5.56 Å². The number of nitrogens with zero attached hydrogens (tertiary/aromatic N) is 3. The van der Waals surface area contributed by atoms with Gasteiger partial charge in [-0.25, -0.2) is 0 Å². The van der Waals surface area contributed by atoms with Gasteiger partial charge in [0.2, 0.25) is 0 Å². The van der Waals surface area contributed by atoms with Gasteiger partial charge in [0.25, 0.3) is 0 Å². The Labute approximate surface area is 201 Å². The number of fused-ring (bicyclic) bond motifs is 1. The third kappa shape index (κ3) is 3.69. The Morgan fingerprint density at radius 2 is 1.44 bits per heavy atom.